The van der Waals surface area contributed by atoms with Crippen LogP contribution in [0.25, 0.3) is 26.5 Å². The molecule has 3 rings (SSSR count). The van der Waals surface area contributed by atoms with Crippen molar-refractivity contribution in [3.8, 4) is 5.75 Å². The Kier molecular flexibility index (Phi) is 2.39. The molecule has 0 spiro atoms. The SMILES string of the molecule is Cc1ccc(C)c2c([N+]#N)c3ccccc3c([O-])c12. The van der Waals surface area contributed by atoms with E-state index in [0.29, 0.717) is 21.8 Å². The van der Waals surface area contributed by atoms with Gasteiger partial charge in [0.15, 0.2) is 4.98 Å². The van der Waals surface area contributed by atoms with Gasteiger partial charge in [0.2, 0.25) is 5.39 Å². The molecule has 0 N–H and O–H groups in total. The highest BCUT2D eigenvalue weighted by Gasteiger charge is 2.21. The summed E-state index contributed by atoms with van der Waals surface area (Å²) in [7, 11) is 0. The summed E-state index contributed by atoms with van der Waals surface area (Å²) in [6, 6.07) is 11.1. The van der Waals surface area contributed by atoms with Crippen LogP contribution in [0, 0.1) is 19.2 Å². The van der Waals surface area contributed by atoms with E-state index in [0.717, 1.165) is 16.5 Å². The maximum Gasteiger partial charge on any atom is 0.400 e. The van der Waals surface area contributed by atoms with Crippen LogP contribution in [0.3, 0.4) is 0 Å². The second-order valence-electron chi connectivity index (χ2n) is 4.77. The van der Waals surface area contributed by atoms with E-state index in [1.165, 1.54) is 0 Å². The first kappa shape index (κ1) is 11.5. The number of fused-ring (bicyclic) bond motifs is 2. The number of hydrogen-bond donors (Lipinski definition) is 0. The van der Waals surface area contributed by atoms with Crippen molar-refractivity contribution in [2.75, 3.05) is 0 Å². The third-order valence-corrected chi connectivity index (χ3v) is 3.61. The van der Waals surface area contributed by atoms with Crippen LogP contribution in [-0.4, -0.2) is 0 Å². The average molecular weight is 248 g/mol. The van der Waals surface area contributed by atoms with Gasteiger partial charge < -0.3 is 5.11 Å². The molecule has 0 radical (unpaired) electrons. The van der Waals surface area contributed by atoms with Crippen LogP contribution in [0.15, 0.2) is 36.4 Å². The molecule has 0 saturated carbocycles. The van der Waals surface area contributed by atoms with Gasteiger partial charge in [-0.1, -0.05) is 36.1 Å². The fraction of sp³-hybridized carbons (Fsp3) is 0.125. The van der Waals surface area contributed by atoms with Gasteiger partial charge in [-0.05, 0) is 41.8 Å². The number of aryl methyl sites for hydroxylation is 2. The monoisotopic (exact) mass is 248 g/mol. The maximum atomic E-state index is 12.6. The minimum absolute atomic E-state index is 0.000741. The Morgan fingerprint density at radius 3 is 2.11 bits per heavy atom. The van der Waals surface area contributed by atoms with E-state index in [1.54, 1.807) is 6.07 Å². The third-order valence-electron chi connectivity index (χ3n) is 3.61. The summed E-state index contributed by atoms with van der Waals surface area (Å²) < 4.78 is 0. The van der Waals surface area contributed by atoms with Crippen molar-refractivity contribution < 1.29 is 5.11 Å². The summed E-state index contributed by atoms with van der Waals surface area (Å²) in [4.78, 5) is 3.43. The lowest BCUT2D eigenvalue weighted by molar-refractivity contribution is -0.263. The standard InChI is InChI=1S/C16H12N2O/c1-9-7-8-10(2)14-13(9)15(18-17)11-5-3-4-6-12(11)16(14)19/h3-8H,1-2H3. The molecule has 0 fully saturated rings. The van der Waals surface area contributed by atoms with Gasteiger partial charge in [-0.3, -0.25) is 0 Å². The molecule has 3 heteroatoms. The lowest BCUT2D eigenvalue weighted by Crippen LogP contribution is -1.96. The van der Waals surface area contributed by atoms with Crippen LogP contribution in [0.4, 0.5) is 5.69 Å². The molecule has 0 atom stereocenters. The molecular weight excluding hydrogens is 236 g/mol. The quantitative estimate of drug-likeness (QED) is 0.443. The third kappa shape index (κ3) is 1.47. The Balaban J connectivity index is 2.76. The molecule has 0 amide bonds. The summed E-state index contributed by atoms with van der Waals surface area (Å²) >= 11 is 0. The first-order valence-electron chi connectivity index (χ1n) is 6.12. The summed E-state index contributed by atoms with van der Waals surface area (Å²) in [6.07, 6.45) is 0. The fourth-order valence-corrected chi connectivity index (χ4v) is 2.67. The fourth-order valence-electron chi connectivity index (χ4n) is 2.67. The topological polar surface area (TPSA) is 51.2 Å². The van der Waals surface area contributed by atoms with Gasteiger partial charge in [-0.25, -0.2) is 0 Å². The molecule has 3 aromatic carbocycles. The Bertz CT molecular complexity index is 860. The molecule has 0 saturated heterocycles. The van der Waals surface area contributed by atoms with E-state index in [9.17, 15) is 10.5 Å². The van der Waals surface area contributed by atoms with Gasteiger partial charge in [0.1, 0.15) is 0 Å². The van der Waals surface area contributed by atoms with Gasteiger partial charge >= 0.3 is 5.69 Å². The molecule has 0 aliphatic rings. The highest BCUT2D eigenvalue weighted by atomic mass is 16.3. The van der Waals surface area contributed by atoms with Crippen LogP contribution in [0.1, 0.15) is 11.1 Å². The summed E-state index contributed by atoms with van der Waals surface area (Å²) in [5.41, 5.74) is 2.32. The van der Waals surface area contributed by atoms with E-state index in [4.69, 9.17) is 0 Å². The van der Waals surface area contributed by atoms with Crippen LogP contribution >= 0.6 is 0 Å². The van der Waals surface area contributed by atoms with Gasteiger partial charge in [-0.2, -0.15) is 0 Å². The zero-order valence-electron chi connectivity index (χ0n) is 10.8. The van der Waals surface area contributed by atoms with Crippen LogP contribution in [0.5, 0.6) is 5.75 Å². The van der Waals surface area contributed by atoms with Crippen molar-refractivity contribution in [3.63, 3.8) is 0 Å². The van der Waals surface area contributed by atoms with Crippen LogP contribution < -0.4 is 5.11 Å². The maximum absolute atomic E-state index is 12.6. The zero-order chi connectivity index (χ0) is 13.6. The van der Waals surface area contributed by atoms with Crippen molar-refractivity contribution in [1.29, 1.82) is 5.39 Å². The molecule has 0 unspecified atom stereocenters. The van der Waals surface area contributed by atoms with Gasteiger partial charge in [0.05, 0.1) is 10.8 Å². The largest absolute Gasteiger partial charge is 0.872 e. The lowest BCUT2D eigenvalue weighted by Gasteiger charge is -2.16. The normalized spacial score (nSPS) is 10.8. The van der Waals surface area contributed by atoms with Crippen molar-refractivity contribution in [2.24, 2.45) is 0 Å². The molecule has 19 heavy (non-hydrogen) atoms. The molecule has 0 aliphatic carbocycles. The highest BCUT2D eigenvalue weighted by Crippen LogP contribution is 2.43. The molecule has 0 bridgehead atoms. The molecule has 3 aromatic rings. The summed E-state index contributed by atoms with van der Waals surface area (Å²) in [5, 5.41) is 24.6. The molecule has 0 aromatic heterocycles. The van der Waals surface area contributed by atoms with Gasteiger partial charge in [-0.15, -0.1) is 0 Å². The van der Waals surface area contributed by atoms with Crippen molar-refractivity contribution in [3.05, 3.63) is 52.5 Å². The minimum Gasteiger partial charge on any atom is -0.872 e. The Morgan fingerprint density at radius 1 is 0.895 bits per heavy atom. The molecule has 92 valence electrons. The number of nitrogens with zero attached hydrogens (tertiary/aromatic N) is 2. The predicted octanol–water partition coefficient (Wildman–Crippen LogP) is 4.17. The molecule has 3 nitrogen and oxygen atoms in total. The zero-order valence-corrected chi connectivity index (χ0v) is 10.8. The first-order valence-corrected chi connectivity index (χ1v) is 6.12. The van der Waals surface area contributed by atoms with Gasteiger partial charge in [0.25, 0.3) is 0 Å². The van der Waals surface area contributed by atoms with E-state index < -0.39 is 0 Å². The molecular formula is C16H12N2O. The average Bonchev–Trinajstić information content (AvgIpc) is 2.43. The molecule has 0 aliphatic heterocycles. The van der Waals surface area contributed by atoms with Crippen molar-refractivity contribution >= 4 is 27.2 Å². The van der Waals surface area contributed by atoms with Gasteiger partial charge in [0, 0.05) is 0 Å². The van der Waals surface area contributed by atoms with Crippen LogP contribution in [0.2, 0.25) is 0 Å². The summed E-state index contributed by atoms with van der Waals surface area (Å²) in [6.45, 7) is 3.82. The predicted molar refractivity (Wildman–Crippen MR) is 75.1 cm³/mol. The number of diazo groups is 1. The smallest absolute Gasteiger partial charge is 0.400 e. The highest BCUT2D eigenvalue weighted by molar-refractivity contribution is 6.17. The van der Waals surface area contributed by atoms with Crippen LogP contribution in [-0.2, 0) is 0 Å². The van der Waals surface area contributed by atoms with E-state index >= 15 is 0 Å². The van der Waals surface area contributed by atoms with E-state index in [-0.39, 0.29) is 5.75 Å². The lowest BCUT2D eigenvalue weighted by atomic mass is 9.94. The first-order chi connectivity index (χ1) is 9.15. The minimum atomic E-state index is -0.000741. The Labute approximate surface area is 110 Å². The Hall–Kier alpha value is -2.60. The number of rotatable bonds is 0. The van der Waals surface area contributed by atoms with E-state index in [2.05, 4.69) is 4.98 Å². The second-order valence-corrected chi connectivity index (χ2v) is 4.77. The Morgan fingerprint density at radius 2 is 1.47 bits per heavy atom. The molecule has 0 heterocycles. The number of hydrogen-bond acceptors (Lipinski definition) is 2. The van der Waals surface area contributed by atoms with E-state index in [1.807, 2.05) is 44.2 Å². The summed E-state index contributed by atoms with van der Waals surface area (Å²) in [5.74, 6) is -0.000741. The van der Waals surface area contributed by atoms with Crippen molar-refractivity contribution in [1.82, 2.24) is 0 Å². The second kappa shape index (κ2) is 3.96. The van der Waals surface area contributed by atoms with Crippen molar-refractivity contribution in [2.45, 2.75) is 13.8 Å². The number of benzene rings is 3.